The van der Waals surface area contributed by atoms with Crippen LogP contribution in [-0.4, -0.2) is 29.3 Å². The third kappa shape index (κ3) is 9.18. The van der Waals surface area contributed by atoms with Crippen LogP contribution in [0, 0.1) is 0 Å². The van der Waals surface area contributed by atoms with Gasteiger partial charge in [-0.25, -0.2) is 0 Å². The molecule has 7 heteroatoms. The van der Waals surface area contributed by atoms with E-state index in [4.69, 9.17) is 33.2 Å². The molecule has 0 N–H and O–H groups in total. The molecule has 2 amide bonds. The highest BCUT2D eigenvalue weighted by Gasteiger charge is 2.23. The Bertz CT molecular complexity index is 379. The van der Waals surface area contributed by atoms with E-state index < -0.39 is 6.00 Å². The van der Waals surface area contributed by atoms with Crippen molar-refractivity contribution in [3.8, 4) is 0 Å². The summed E-state index contributed by atoms with van der Waals surface area (Å²) in [4.78, 5) is 24.0. The Labute approximate surface area is 148 Å². The fourth-order valence-corrected chi connectivity index (χ4v) is 4.34. The van der Waals surface area contributed by atoms with Gasteiger partial charge in [-0.3, -0.25) is 14.5 Å². The van der Waals surface area contributed by atoms with E-state index in [1.165, 1.54) is 42.7 Å². The largest absolute Gasteiger partial charge is 0.341 e. The second-order valence-corrected chi connectivity index (χ2v) is 15.0. The van der Waals surface area contributed by atoms with Crippen molar-refractivity contribution in [2.45, 2.75) is 63.8 Å². The number of rotatable bonds is 12. The summed E-state index contributed by atoms with van der Waals surface area (Å²) in [6, 6.07) is -1.64. The third-order valence-corrected chi connectivity index (χ3v) is 6.36. The first kappa shape index (κ1) is 20.0. The molecule has 0 radical (unpaired) electrons. The van der Waals surface area contributed by atoms with Gasteiger partial charge in [-0.05, 0) is 12.5 Å². The summed E-state index contributed by atoms with van der Waals surface area (Å²) in [6.45, 7) is 0.547. The van der Waals surface area contributed by atoms with E-state index in [9.17, 15) is 9.59 Å². The Morgan fingerprint density at radius 3 is 1.59 bits per heavy atom. The van der Waals surface area contributed by atoms with Gasteiger partial charge in [-0.1, -0.05) is 51.4 Å². The predicted molar refractivity (Wildman–Crippen MR) is 95.5 cm³/mol. The minimum Gasteiger partial charge on any atom is -0.275 e. The summed E-state index contributed by atoms with van der Waals surface area (Å²) in [5.74, 6) is -0.356. The number of unbranched alkanes of at least 4 members (excludes halogenated alkanes) is 8. The molecule has 0 unspecified atom stereocenters. The molecule has 0 spiro atoms. The van der Waals surface area contributed by atoms with Gasteiger partial charge in [-0.2, -0.15) is 0 Å². The number of hydrogen-bond donors (Lipinski definition) is 0. The number of halogens is 3. The first-order valence-corrected chi connectivity index (χ1v) is 13.2. The van der Waals surface area contributed by atoms with Crippen molar-refractivity contribution in [2.24, 2.45) is 0 Å². The van der Waals surface area contributed by atoms with Gasteiger partial charge < -0.3 is 0 Å². The molecule has 0 aromatic heterocycles. The highest BCUT2D eigenvalue weighted by molar-refractivity contribution is 7.64. The van der Waals surface area contributed by atoms with Gasteiger partial charge in [0.15, 0.2) is 0 Å². The smallest absolute Gasteiger partial charge is 0.275 e. The highest BCUT2D eigenvalue weighted by Crippen LogP contribution is 2.27. The van der Waals surface area contributed by atoms with Crippen molar-refractivity contribution in [3.05, 3.63) is 12.2 Å². The summed E-state index contributed by atoms with van der Waals surface area (Å²) in [5.41, 5.74) is 0. The summed E-state index contributed by atoms with van der Waals surface area (Å²) in [6.07, 6.45) is 12.8. The lowest BCUT2D eigenvalue weighted by atomic mass is 10.1. The molecule has 1 rings (SSSR count). The molecular weight excluding hydrogens is 361 g/mol. The monoisotopic (exact) mass is 383 g/mol. The Kier molecular flexibility index (Phi) is 9.72. The van der Waals surface area contributed by atoms with Gasteiger partial charge in [0, 0.05) is 18.7 Å². The van der Waals surface area contributed by atoms with Gasteiger partial charge in [0.2, 0.25) is 0 Å². The maximum atomic E-state index is 11.3. The van der Waals surface area contributed by atoms with Crippen LogP contribution in [0.2, 0.25) is 6.04 Å². The molecule has 0 bridgehead atoms. The van der Waals surface area contributed by atoms with E-state index in [2.05, 4.69) is 0 Å². The standard InChI is InChI=1S/C15H24Cl3NO2Si/c16-22(17,18)13-9-7-5-3-1-2-4-6-8-12-19-14(20)10-11-15(19)21/h10-11H,1-9,12-13H2. The van der Waals surface area contributed by atoms with Crippen LogP contribution in [0.5, 0.6) is 0 Å². The molecule has 0 aromatic rings. The number of carbonyl (C=O) groups excluding carboxylic acids is 2. The molecule has 1 aliphatic heterocycles. The summed E-state index contributed by atoms with van der Waals surface area (Å²) in [7, 11) is 0. The van der Waals surface area contributed by atoms with Gasteiger partial charge in [0.25, 0.3) is 11.8 Å². The molecule has 0 atom stereocenters. The minimum absolute atomic E-state index is 0.178. The van der Waals surface area contributed by atoms with Crippen LogP contribution in [0.25, 0.3) is 0 Å². The lowest BCUT2D eigenvalue weighted by molar-refractivity contribution is -0.136. The summed E-state index contributed by atoms with van der Waals surface area (Å²) < 4.78 is 0. The summed E-state index contributed by atoms with van der Waals surface area (Å²) in [5, 5.41) is 0. The van der Waals surface area contributed by atoms with Gasteiger partial charge in [0.05, 0.1) is 0 Å². The zero-order chi connectivity index (χ0) is 16.4. The maximum Gasteiger partial charge on any atom is 0.341 e. The number of nitrogens with zero attached hydrogens (tertiary/aromatic N) is 1. The predicted octanol–water partition coefficient (Wildman–Crippen LogP) is 5.08. The van der Waals surface area contributed by atoms with Crippen molar-refractivity contribution in [1.29, 1.82) is 0 Å². The number of hydrogen-bond acceptors (Lipinski definition) is 2. The SMILES string of the molecule is O=C1C=CC(=O)N1CCCCCCCCCCC[Si](Cl)(Cl)Cl. The lowest BCUT2D eigenvalue weighted by Crippen LogP contribution is -2.30. The van der Waals surface area contributed by atoms with E-state index in [1.807, 2.05) is 0 Å². The molecular formula is C15H24Cl3NO2Si. The molecule has 0 aromatic carbocycles. The Morgan fingerprint density at radius 2 is 1.14 bits per heavy atom. The van der Waals surface area contributed by atoms with Crippen molar-refractivity contribution in [3.63, 3.8) is 0 Å². The lowest BCUT2D eigenvalue weighted by Gasteiger charge is -2.13. The summed E-state index contributed by atoms with van der Waals surface area (Å²) >= 11 is 17.5. The first-order chi connectivity index (χ1) is 10.4. The first-order valence-electron chi connectivity index (χ1n) is 8.00. The van der Waals surface area contributed by atoms with Crippen LogP contribution in [-0.2, 0) is 9.59 Å². The fraction of sp³-hybridized carbons (Fsp3) is 0.733. The molecule has 0 saturated carbocycles. The molecule has 22 heavy (non-hydrogen) atoms. The second kappa shape index (κ2) is 10.7. The Balaban J connectivity index is 1.84. The van der Waals surface area contributed by atoms with Crippen molar-refractivity contribution in [1.82, 2.24) is 4.90 Å². The van der Waals surface area contributed by atoms with Crippen LogP contribution < -0.4 is 0 Å². The van der Waals surface area contributed by atoms with Crippen LogP contribution in [0.3, 0.4) is 0 Å². The molecule has 3 nitrogen and oxygen atoms in total. The van der Waals surface area contributed by atoms with Gasteiger partial charge in [-0.15, -0.1) is 33.2 Å². The second-order valence-electron chi connectivity index (χ2n) is 5.71. The third-order valence-electron chi connectivity index (χ3n) is 3.74. The zero-order valence-corrected chi connectivity index (χ0v) is 16.1. The Morgan fingerprint density at radius 1 is 0.727 bits per heavy atom. The van der Waals surface area contributed by atoms with Gasteiger partial charge in [0.1, 0.15) is 0 Å². The molecule has 1 heterocycles. The molecule has 0 fully saturated rings. The quantitative estimate of drug-likeness (QED) is 0.204. The van der Waals surface area contributed by atoms with E-state index in [-0.39, 0.29) is 11.8 Å². The topological polar surface area (TPSA) is 37.4 Å². The maximum absolute atomic E-state index is 11.3. The van der Waals surface area contributed by atoms with Crippen LogP contribution >= 0.6 is 33.2 Å². The van der Waals surface area contributed by atoms with Gasteiger partial charge >= 0.3 is 6.00 Å². The highest BCUT2D eigenvalue weighted by atomic mass is 35.8. The molecule has 0 saturated heterocycles. The van der Waals surface area contributed by atoms with E-state index in [0.29, 0.717) is 6.54 Å². The normalized spacial score (nSPS) is 15.1. The number of carbonyl (C=O) groups is 2. The molecule has 126 valence electrons. The molecule has 1 aliphatic rings. The molecule has 0 aliphatic carbocycles. The fourth-order valence-electron chi connectivity index (χ4n) is 2.48. The van der Waals surface area contributed by atoms with Crippen molar-refractivity contribution in [2.75, 3.05) is 6.54 Å². The zero-order valence-electron chi connectivity index (χ0n) is 12.8. The Hall–Kier alpha value is -0.0331. The van der Waals surface area contributed by atoms with Crippen LogP contribution in [0.4, 0.5) is 0 Å². The van der Waals surface area contributed by atoms with E-state index >= 15 is 0 Å². The van der Waals surface area contributed by atoms with E-state index in [0.717, 1.165) is 38.1 Å². The van der Waals surface area contributed by atoms with Crippen LogP contribution in [0.1, 0.15) is 57.8 Å². The van der Waals surface area contributed by atoms with E-state index in [1.54, 1.807) is 0 Å². The minimum atomic E-state index is -2.41. The van der Waals surface area contributed by atoms with Crippen LogP contribution in [0.15, 0.2) is 12.2 Å². The van der Waals surface area contributed by atoms with Crippen molar-refractivity contribution < 1.29 is 9.59 Å². The number of imide groups is 1. The number of amides is 2. The average Bonchev–Trinajstić information content (AvgIpc) is 2.75. The average molecular weight is 385 g/mol. The van der Waals surface area contributed by atoms with Crippen molar-refractivity contribution >= 4 is 51.1 Å².